The van der Waals surface area contributed by atoms with Crippen LogP contribution >= 0.6 is 23.2 Å². The lowest BCUT2D eigenvalue weighted by Gasteiger charge is -2.29. The van der Waals surface area contributed by atoms with Crippen molar-refractivity contribution in [3.05, 3.63) is 89.5 Å². The summed E-state index contributed by atoms with van der Waals surface area (Å²) in [5.41, 5.74) is 1.68. The number of halogens is 2. The molecule has 1 aliphatic heterocycles. The molecule has 0 spiro atoms. The van der Waals surface area contributed by atoms with Crippen LogP contribution in [0.15, 0.2) is 72.8 Å². The Balaban J connectivity index is 1.82. The minimum absolute atomic E-state index is 0.227. The van der Waals surface area contributed by atoms with Crippen molar-refractivity contribution in [1.29, 1.82) is 0 Å². The van der Waals surface area contributed by atoms with Crippen molar-refractivity contribution in [3.8, 4) is 11.5 Å². The number of benzene rings is 3. The number of rotatable bonds is 6. The van der Waals surface area contributed by atoms with Crippen molar-refractivity contribution >= 4 is 46.7 Å². The zero-order valence-electron chi connectivity index (χ0n) is 16.6. The first-order chi connectivity index (χ1) is 15.5. The fraction of sp³-hybridized carbons (Fsp3) is 0.125. The number of hydrogen-bond donors (Lipinski definition) is 1. The van der Waals surface area contributed by atoms with Crippen LogP contribution in [0.25, 0.3) is 0 Å². The molecule has 0 unspecified atom stereocenters. The molecule has 0 saturated carbocycles. The van der Waals surface area contributed by atoms with Gasteiger partial charge in [-0.3, -0.25) is 14.4 Å². The fourth-order valence-electron chi connectivity index (χ4n) is 3.86. The Hall–Kier alpha value is -3.35. The third-order valence-electron chi connectivity index (χ3n) is 5.18. The lowest BCUT2D eigenvalue weighted by atomic mass is 9.70. The number of carbonyl (C=O) groups excluding carboxylic acids is 3. The number of hydrogen-bond acceptors (Lipinski definition) is 5. The number of amides is 1. The maximum Gasteiger partial charge on any atom is 0.326 e. The average molecular weight is 470 g/mol. The molecule has 1 N–H and O–H groups in total. The Bertz CT molecular complexity index is 1110. The summed E-state index contributed by atoms with van der Waals surface area (Å²) in [5.74, 6) is -1.24. The zero-order valence-corrected chi connectivity index (χ0v) is 18.2. The monoisotopic (exact) mass is 469 g/mol. The van der Waals surface area contributed by atoms with Gasteiger partial charge in [-0.05, 0) is 41.5 Å². The Morgan fingerprint density at radius 3 is 1.69 bits per heavy atom. The molecule has 0 radical (unpaired) electrons. The molecule has 1 amide bonds. The molecule has 0 aliphatic carbocycles. The summed E-state index contributed by atoms with van der Waals surface area (Å²) in [6, 6.07) is 20.8. The maximum absolute atomic E-state index is 13.5. The second-order valence-corrected chi connectivity index (χ2v) is 7.55. The van der Waals surface area contributed by atoms with E-state index in [1.807, 2.05) is 24.3 Å². The third-order valence-corrected chi connectivity index (χ3v) is 5.61. The van der Waals surface area contributed by atoms with E-state index in [-0.39, 0.29) is 17.7 Å². The van der Waals surface area contributed by atoms with Gasteiger partial charge in [-0.15, -0.1) is 23.2 Å². The molecule has 0 fully saturated rings. The maximum atomic E-state index is 13.5. The van der Waals surface area contributed by atoms with Crippen molar-refractivity contribution in [2.75, 3.05) is 17.1 Å². The minimum atomic E-state index is -1.15. The summed E-state index contributed by atoms with van der Waals surface area (Å²) < 4.78 is 10.3. The molecule has 6 nitrogen and oxygen atoms in total. The number of ether oxygens (including phenoxy) is 2. The summed E-state index contributed by atoms with van der Waals surface area (Å²) >= 11 is 11.0. The van der Waals surface area contributed by atoms with Gasteiger partial charge in [0.25, 0.3) is 0 Å². The van der Waals surface area contributed by atoms with E-state index >= 15 is 0 Å². The molecule has 8 heteroatoms. The Morgan fingerprint density at radius 1 is 0.750 bits per heavy atom. The number of anilines is 1. The average Bonchev–Trinajstić information content (AvgIpc) is 3.12. The van der Waals surface area contributed by atoms with E-state index in [0.717, 1.165) is 5.56 Å². The zero-order chi connectivity index (χ0) is 22.7. The minimum Gasteiger partial charge on any atom is -0.426 e. The van der Waals surface area contributed by atoms with Crippen molar-refractivity contribution < 1.29 is 23.9 Å². The van der Waals surface area contributed by atoms with E-state index in [0.29, 0.717) is 28.3 Å². The van der Waals surface area contributed by atoms with Gasteiger partial charge < -0.3 is 14.8 Å². The largest absolute Gasteiger partial charge is 0.426 e. The molecule has 0 bridgehead atoms. The van der Waals surface area contributed by atoms with E-state index in [9.17, 15) is 14.4 Å². The van der Waals surface area contributed by atoms with Crippen LogP contribution in [0.2, 0.25) is 0 Å². The molecule has 1 aliphatic rings. The molecule has 162 valence electrons. The van der Waals surface area contributed by atoms with Gasteiger partial charge in [0.1, 0.15) is 28.7 Å². The van der Waals surface area contributed by atoms with Crippen molar-refractivity contribution in [1.82, 2.24) is 0 Å². The highest BCUT2D eigenvalue weighted by Crippen LogP contribution is 2.48. The molecule has 0 atom stereocenters. The predicted octanol–water partition coefficient (Wildman–Crippen LogP) is 4.26. The molecule has 3 aromatic carbocycles. The normalized spacial score (nSPS) is 13.8. The second kappa shape index (κ2) is 9.02. The van der Waals surface area contributed by atoms with Gasteiger partial charge in [0.05, 0.1) is 0 Å². The highest BCUT2D eigenvalue weighted by molar-refractivity contribution is 6.26. The van der Waals surface area contributed by atoms with E-state index in [1.165, 1.54) is 0 Å². The summed E-state index contributed by atoms with van der Waals surface area (Å²) in [7, 11) is 0. The summed E-state index contributed by atoms with van der Waals surface area (Å²) in [5, 5.41) is 2.95. The van der Waals surface area contributed by atoms with Crippen LogP contribution in [0.3, 0.4) is 0 Å². The smallest absolute Gasteiger partial charge is 0.326 e. The number of carbonyl (C=O) groups is 3. The molecule has 3 aromatic rings. The number of esters is 2. The van der Waals surface area contributed by atoms with Crippen molar-refractivity contribution in [3.63, 3.8) is 0 Å². The van der Waals surface area contributed by atoms with Crippen LogP contribution in [-0.2, 0) is 19.8 Å². The fourth-order valence-corrected chi connectivity index (χ4v) is 3.97. The van der Waals surface area contributed by atoms with Gasteiger partial charge in [-0.2, -0.15) is 0 Å². The lowest BCUT2D eigenvalue weighted by Crippen LogP contribution is -2.37. The highest BCUT2D eigenvalue weighted by atomic mass is 35.5. The first-order valence-electron chi connectivity index (χ1n) is 9.64. The van der Waals surface area contributed by atoms with Gasteiger partial charge in [0.15, 0.2) is 0 Å². The summed E-state index contributed by atoms with van der Waals surface area (Å²) in [6.45, 7) is 0. The molecular formula is C24H17Cl2NO5. The summed E-state index contributed by atoms with van der Waals surface area (Å²) in [4.78, 5) is 36.4. The molecule has 1 heterocycles. The first-order valence-corrected chi connectivity index (χ1v) is 10.7. The van der Waals surface area contributed by atoms with E-state index in [2.05, 4.69) is 5.32 Å². The molecular weight excluding hydrogens is 453 g/mol. The number of fused-ring (bicyclic) bond motifs is 1. The lowest BCUT2D eigenvalue weighted by molar-refractivity contribution is -0.132. The number of nitrogens with one attached hydrogen (secondary N) is 1. The molecule has 0 saturated heterocycles. The van der Waals surface area contributed by atoms with Crippen LogP contribution < -0.4 is 14.8 Å². The van der Waals surface area contributed by atoms with Gasteiger partial charge in [0.2, 0.25) is 5.91 Å². The third kappa shape index (κ3) is 3.83. The van der Waals surface area contributed by atoms with E-state index < -0.39 is 17.4 Å². The molecule has 4 rings (SSSR count). The van der Waals surface area contributed by atoms with Gasteiger partial charge in [-0.25, -0.2) is 0 Å². The van der Waals surface area contributed by atoms with Crippen LogP contribution in [-0.4, -0.2) is 29.6 Å². The molecule has 0 aromatic heterocycles. The van der Waals surface area contributed by atoms with E-state index in [1.54, 1.807) is 48.5 Å². The number of para-hydroxylation sites is 1. The SMILES string of the molecule is O=C(CCl)Oc1ccc(C2(c3ccc(OC(=O)CCl)cc3)C(=O)Nc3ccccc32)cc1. The number of alkyl halides is 2. The van der Waals surface area contributed by atoms with Crippen molar-refractivity contribution in [2.45, 2.75) is 5.41 Å². The molecule has 32 heavy (non-hydrogen) atoms. The van der Waals surface area contributed by atoms with Crippen LogP contribution in [0.5, 0.6) is 11.5 Å². The van der Waals surface area contributed by atoms with Crippen LogP contribution in [0, 0.1) is 0 Å². The Morgan fingerprint density at radius 2 is 1.22 bits per heavy atom. The van der Waals surface area contributed by atoms with Crippen molar-refractivity contribution in [2.24, 2.45) is 0 Å². The Kier molecular flexibility index (Phi) is 6.17. The first kappa shape index (κ1) is 21.9. The topological polar surface area (TPSA) is 81.7 Å². The van der Waals surface area contributed by atoms with Gasteiger partial charge >= 0.3 is 11.9 Å². The standard InChI is InChI=1S/C24H17Cl2NO5/c25-13-21(28)31-17-9-5-15(6-10-17)24(19-3-1-2-4-20(19)27-23(24)30)16-7-11-18(12-8-16)32-22(29)14-26/h1-12H,13-14H2,(H,27,30). The van der Waals surface area contributed by atoms with Crippen LogP contribution in [0.4, 0.5) is 5.69 Å². The van der Waals surface area contributed by atoms with Crippen LogP contribution in [0.1, 0.15) is 16.7 Å². The van der Waals surface area contributed by atoms with E-state index in [4.69, 9.17) is 32.7 Å². The quantitative estimate of drug-likeness (QED) is 0.331. The van der Waals surface area contributed by atoms with Gasteiger partial charge in [0, 0.05) is 11.3 Å². The van der Waals surface area contributed by atoms with Gasteiger partial charge in [-0.1, -0.05) is 42.5 Å². The second-order valence-electron chi connectivity index (χ2n) is 7.01. The predicted molar refractivity (Wildman–Crippen MR) is 121 cm³/mol. The summed E-state index contributed by atoms with van der Waals surface area (Å²) in [6.07, 6.45) is 0. The Labute approximate surface area is 194 Å². The highest BCUT2D eigenvalue weighted by Gasteiger charge is 2.49.